The molecule has 3 heterocycles. The fourth-order valence-corrected chi connectivity index (χ4v) is 3.24. The van der Waals surface area contributed by atoms with E-state index in [-0.39, 0.29) is 11.5 Å². The van der Waals surface area contributed by atoms with Crippen LogP contribution in [0.1, 0.15) is 77.7 Å². The molecule has 2 aromatic heterocycles. The van der Waals surface area contributed by atoms with Gasteiger partial charge in [0.25, 0.3) is 0 Å². The summed E-state index contributed by atoms with van der Waals surface area (Å²) >= 11 is 0. The SMILES string of the molecule is Cc1nc(C2CC2)oc1C(=O)[C@@H](C#N)c1nnc2n1CCCCC2. The first-order chi connectivity index (χ1) is 11.7. The van der Waals surface area contributed by atoms with Crippen LogP contribution in [0.25, 0.3) is 0 Å². The minimum Gasteiger partial charge on any atom is -0.437 e. The summed E-state index contributed by atoms with van der Waals surface area (Å²) in [7, 11) is 0. The third-order valence-electron chi connectivity index (χ3n) is 4.75. The number of aromatic nitrogens is 4. The van der Waals surface area contributed by atoms with Crippen LogP contribution in [0.15, 0.2) is 4.42 Å². The molecule has 2 aliphatic rings. The van der Waals surface area contributed by atoms with Crippen molar-refractivity contribution < 1.29 is 9.21 Å². The lowest BCUT2D eigenvalue weighted by atomic mass is 10.0. The van der Waals surface area contributed by atoms with Gasteiger partial charge in [-0.3, -0.25) is 4.79 Å². The van der Waals surface area contributed by atoms with E-state index in [0.29, 0.717) is 23.3 Å². The molecule has 1 saturated carbocycles. The minimum absolute atomic E-state index is 0.189. The number of carbonyl (C=O) groups is 1. The average molecular weight is 325 g/mol. The molecule has 24 heavy (non-hydrogen) atoms. The van der Waals surface area contributed by atoms with Gasteiger partial charge in [0.2, 0.25) is 5.78 Å². The summed E-state index contributed by atoms with van der Waals surface area (Å²) in [5.41, 5.74) is 0.553. The molecule has 1 aliphatic carbocycles. The number of aryl methyl sites for hydroxylation is 2. The van der Waals surface area contributed by atoms with E-state index >= 15 is 0 Å². The molecule has 124 valence electrons. The Kier molecular flexibility index (Phi) is 3.68. The summed E-state index contributed by atoms with van der Waals surface area (Å²) in [5.74, 6) is 1.07. The van der Waals surface area contributed by atoms with Crippen molar-refractivity contribution in [1.29, 1.82) is 5.26 Å². The molecule has 0 spiro atoms. The number of Topliss-reactive ketones (excluding diaryl/α,β-unsaturated/α-hetero) is 1. The van der Waals surface area contributed by atoms with E-state index in [4.69, 9.17) is 4.42 Å². The predicted molar refractivity (Wildman–Crippen MR) is 83.5 cm³/mol. The van der Waals surface area contributed by atoms with Crippen molar-refractivity contribution in [3.05, 3.63) is 29.0 Å². The Balaban J connectivity index is 1.67. The first-order valence-electron chi connectivity index (χ1n) is 8.52. The van der Waals surface area contributed by atoms with Gasteiger partial charge in [-0.1, -0.05) is 6.42 Å². The summed E-state index contributed by atoms with van der Waals surface area (Å²) in [4.78, 5) is 17.2. The number of hydrogen-bond donors (Lipinski definition) is 0. The third kappa shape index (κ3) is 2.52. The number of ketones is 1. The number of fused-ring (bicyclic) bond motifs is 1. The largest absolute Gasteiger partial charge is 0.437 e. The van der Waals surface area contributed by atoms with Crippen molar-refractivity contribution in [3.8, 4) is 6.07 Å². The molecule has 1 atom stereocenters. The molecule has 1 aliphatic heterocycles. The molecule has 2 aromatic rings. The molecule has 4 rings (SSSR count). The molecular weight excluding hydrogens is 306 g/mol. The molecule has 0 amide bonds. The fraction of sp³-hybridized carbons (Fsp3) is 0.588. The maximum Gasteiger partial charge on any atom is 0.224 e. The van der Waals surface area contributed by atoms with Crippen molar-refractivity contribution >= 4 is 5.78 Å². The lowest BCUT2D eigenvalue weighted by molar-refractivity contribution is 0.0945. The highest BCUT2D eigenvalue weighted by atomic mass is 16.4. The zero-order valence-electron chi connectivity index (χ0n) is 13.7. The van der Waals surface area contributed by atoms with Gasteiger partial charge in [0.15, 0.2) is 23.4 Å². The zero-order chi connectivity index (χ0) is 16.7. The van der Waals surface area contributed by atoms with E-state index in [2.05, 4.69) is 21.3 Å². The van der Waals surface area contributed by atoms with Crippen LogP contribution in [0.2, 0.25) is 0 Å². The van der Waals surface area contributed by atoms with E-state index in [1.165, 1.54) is 0 Å². The fourth-order valence-electron chi connectivity index (χ4n) is 3.24. The Bertz CT molecular complexity index is 825. The number of oxazole rings is 1. The smallest absolute Gasteiger partial charge is 0.224 e. The second kappa shape index (κ2) is 5.86. The highest BCUT2D eigenvalue weighted by Gasteiger charge is 2.35. The van der Waals surface area contributed by atoms with Gasteiger partial charge in [0, 0.05) is 18.9 Å². The molecule has 0 radical (unpaired) electrons. The van der Waals surface area contributed by atoms with Crippen molar-refractivity contribution in [2.75, 3.05) is 0 Å². The Morgan fingerprint density at radius 3 is 2.92 bits per heavy atom. The van der Waals surface area contributed by atoms with Gasteiger partial charge in [-0.25, -0.2) is 4.98 Å². The first-order valence-corrected chi connectivity index (χ1v) is 8.52. The van der Waals surface area contributed by atoms with Crippen LogP contribution >= 0.6 is 0 Å². The second-order valence-corrected chi connectivity index (χ2v) is 6.60. The van der Waals surface area contributed by atoms with Crippen molar-refractivity contribution in [1.82, 2.24) is 19.7 Å². The maximum absolute atomic E-state index is 12.9. The Morgan fingerprint density at radius 2 is 2.17 bits per heavy atom. The number of hydrogen-bond acceptors (Lipinski definition) is 6. The minimum atomic E-state index is -0.997. The van der Waals surface area contributed by atoms with Crippen LogP contribution in [0, 0.1) is 18.3 Å². The molecule has 7 heteroatoms. The predicted octanol–water partition coefficient (Wildman–Crippen LogP) is 2.67. The Morgan fingerprint density at radius 1 is 1.33 bits per heavy atom. The second-order valence-electron chi connectivity index (χ2n) is 6.60. The number of carbonyl (C=O) groups excluding carboxylic acids is 1. The molecule has 0 saturated heterocycles. The van der Waals surface area contributed by atoms with Crippen molar-refractivity contribution in [2.24, 2.45) is 0 Å². The third-order valence-corrected chi connectivity index (χ3v) is 4.75. The van der Waals surface area contributed by atoms with Gasteiger partial charge in [0.05, 0.1) is 11.8 Å². The average Bonchev–Trinajstić information content (AvgIpc) is 3.31. The topological polar surface area (TPSA) is 97.6 Å². The molecule has 0 aromatic carbocycles. The summed E-state index contributed by atoms with van der Waals surface area (Å²) < 4.78 is 7.62. The molecule has 7 nitrogen and oxygen atoms in total. The van der Waals surface area contributed by atoms with Gasteiger partial charge >= 0.3 is 0 Å². The van der Waals surface area contributed by atoms with Crippen molar-refractivity contribution in [3.63, 3.8) is 0 Å². The zero-order valence-corrected chi connectivity index (χ0v) is 13.7. The first kappa shape index (κ1) is 15.1. The van der Waals surface area contributed by atoms with E-state index in [1.807, 2.05) is 4.57 Å². The van der Waals surface area contributed by atoms with Crippen molar-refractivity contribution in [2.45, 2.75) is 63.8 Å². The van der Waals surface area contributed by atoms with E-state index in [0.717, 1.165) is 50.9 Å². The summed E-state index contributed by atoms with van der Waals surface area (Å²) in [6, 6.07) is 2.09. The lowest BCUT2D eigenvalue weighted by Crippen LogP contribution is -2.18. The van der Waals surface area contributed by atoms with Crippen LogP contribution in [0.4, 0.5) is 0 Å². The monoisotopic (exact) mass is 325 g/mol. The standard InChI is InChI=1S/C17H19N5O2/c1-10-15(24-17(19-10)11-6-7-11)14(23)12(9-18)16-21-20-13-5-3-2-4-8-22(13)16/h11-12H,2-8H2,1H3/t12-/m1/s1. The van der Waals surface area contributed by atoms with Gasteiger partial charge < -0.3 is 8.98 Å². The summed E-state index contributed by atoms with van der Waals surface area (Å²) in [6.07, 6.45) is 6.14. The van der Waals surface area contributed by atoms with Crippen LogP contribution < -0.4 is 0 Å². The Labute approximate surface area is 139 Å². The molecule has 0 unspecified atom stereocenters. The maximum atomic E-state index is 12.9. The summed E-state index contributed by atoms with van der Waals surface area (Å²) in [6.45, 7) is 2.51. The number of rotatable bonds is 4. The Hall–Kier alpha value is -2.49. The molecule has 1 fully saturated rings. The van der Waals surface area contributed by atoms with Gasteiger partial charge in [-0.15, -0.1) is 10.2 Å². The van der Waals surface area contributed by atoms with Crippen LogP contribution in [0.3, 0.4) is 0 Å². The normalized spacial score (nSPS) is 18.5. The van der Waals surface area contributed by atoms with Crippen LogP contribution in [-0.4, -0.2) is 25.5 Å². The molecule has 0 bridgehead atoms. The number of nitrogens with zero attached hydrogens (tertiary/aromatic N) is 5. The quantitative estimate of drug-likeness (QED) is 0.802. The highest BCUT2D eigenvalue weighted by Crippen LogP contribution is 2.40. The van der Waals surface area contributed by atoms with Crippen LogP contribution in [0.5, 0.6) is 0 Å². The number of nitriles is 1. The van der Waals surface area contributed by atoms with E-state index in [1.54, 1.807) is 6.92 Å². The van der Waals surface area contributed by atoms with Gasteiger partial charge in [-0.2, -0.15) is 5.26 Å². The lowest BCUT2D eigenvalue weighted by Gasteiger charge is -2.10. The molecular formula is C17H19N5O2. The summed E-state index contributed by atoms with van der Waals surface area (Å²) in [5, 5.41) is 17.9. The van der Waals surface area contributed by atoms with Crippen LogP contribution in [-0.2, 0) is 13.0 Å². The van der Waals surface area contributed by atoms with E-state index < -0.39 is 5.92 Å². The highest BCUT2D eigenvalue weighted by molar-refractivity contribution is 6.00. The van der Waals surface area contributed by atoms with Gasteiger partial charge in [0.1, 0.15) is 5.82 Å². The van der Waals surface area contributed by atoms with E-state index in [9.17, 15) is 10.1 Å². The van der Waals surface area contributed by atoms with Gasteiger partial charge in [-0.05, 0) is 32.6 Å². The molecule has 0 N–H and O–H groups in total.